The molecule has 4 nitrogen and oxygen atoms in total. The van der Waals surface area contributed by atoms with Crippen LogP contribution in [-0.2, 0) is 9.57 Å². The summed E-state index contributed by atoms with van der Waals surface area (Å²) in [7, 11) is 0. The lowest BCUT2D eigenvalue weighted by molar-refractivity contribution is -0.187. The van der Waals surface area contributed by atoms with E-state index >= 15 is 0 Å². The molecule has 2 aliphatic rings. The Morgan fingerprint density at radius 2 is 1.23 bits per heavy atom. The van der Waals surface area contributed by atoms with Gasteiger partial charge >= 0.3 is 6.09 Å². The molecule has 0 saturated carbocycles. The monoisotopic (exact) mass is 459 g/mol. The van der Waals surface area contributed by atoms with Gasteiger partial charge in [0.15, 0.2) is 0 Å². The summed E-state index contributed by atoms with van der Waals surface area (Å²) in [5, 5.41) is 1.37. The normalized spacial score (nSPS) is 18.7. The van der Waals surface area contributed by atoms with Crippen LogP contribution in [0.2, 0.25) is 0 Å². The van der Waals surface area contributed by atoms with Crippen LogP contribution in [0.25, 0.3) is 11.1 Å². The third kappa shape index (κ3) is 4.02. The molecule has 1 aliphatic carbocycles. The second-order valence-corrected chi connectivity index (χ2v) is 8.81. The summed E-state index contributed by atoms with van der Waals surface area (Å²) >= 11 is 0. The first kappa shape index (κ1) is 21.4. The predicted octanol–water partition coefficient (Wildman–Crippen LogP) is 7.22. The third-order valence-electron chi connectivity index (χ3n) is 6.73. The van der Waals surface area contributed by atoms with E-state index in [0.717, 1.165) is 11.1 Å². The first-order chi connectivity index (χ1) is 17.3. The van der Waals surface area contributed by atoms with Gasteiger partial charge in [0.25, 0.3) is 0 Å². The van der Waals surface area contributed by atoms with Gasteiger partial charge in [-0.15, -0.1) is 0 Å². The van der Waals surface area contributed by atoms with E-state index in [9.17, 15) is 4.79 Å². The number of ether oxygens (including phenoxy) is 1. The Morgan fingerprint density at radius 1 is 0.686 bits per heavy atom. The van der Waals surface area contributed by atoms with Crippen molar-refractivity contribution >= 4 is 6.09 Å². The van der Waals surface area contributed by atoms with E-state index < -0.39 is 6.09 Å². The molecule has 1 heterocycles. The molecule has 1 amide bonds. The fraction of sp³-hybridized carbons (Fsp3) is 0.129. The molecule has 0 aromatic heterocycles. The van der Waals surface area contributed by atoms with Gasteiger partial charge in [0.05, 0.1) is 0 Å². The van der Waals surface area contributed by atoms with Gasteiger partial charge < -0.3 is 4.74 Å². The molecule has 0 spiro atoms. The van der Waals surface area contributed by atoms with Gasteiger partial charge in [-0.25, -0.2) is 4.79 Å². The third-order valence-corrected chi connectivity index (χ3v) is 6.73. The van der Waals surface area contributed by atoms with Gasteiger partial charge in [0.2, 0.25) is 0 Å². The summed E-state index contributed by atoms with van der Waals surface area (Å²) in [6.07, 6.45) is 3.15. The minimum Gasteiger partial charge on any atom is -0.447 e. The molecule has 2 atom stereocenters. The van der Waals surface area contributed by atoms with E-state index in [0.29, 0.717) is 0 Å². The first-order valence-electron chi connectivity index (χ1n) is 11.9. The van der Waals surface area contributed by atoms with Crippen LogP contribution in [-0.4, -0.2) is 17.8 Å². The van der Waals surface area contributed by atoms with Crippen LogP contribution in [0.3, 0.4) is 0 Å². The van der Waals surface area contributed by atoms with E-state index in [1.165, 1.54) is 27.3 Å². The average molecular weight is 460 g/mol. The molecule has 4 aromatic rings. The number of hydroxylamine groups is 2. The molecule has 0 radical (unpaired) electrons. The van der Waals surface area contributed by atoms with Gasteiger partial charge in [-0.1, -0.05) is 121 Å². The van der Waals surface area contributed by atoms with Crippen molar-refractivity contribution in [1.82, 2.24) is 5.06 Å². The summed E-state index contributed by atoms with van der Waals surface area (Å²) in [6.45, 7) is 0.244. The Hall–Kier alpha value is -4.15. The molecule has 0 bridgehead atoms. The molecular weight excluding hydrogens is 434 g/mol. The van der Waals surface area contributed by atoms with Crippen LogP contribution in [0, 0.1) is 0 Å². The standard InChI is InChI=1S/C31H25NO3/c33-31(34-21-28-26-17-9-7-15-24(26)25-16-8-10-18-27(25)28)32-29(22-11-3-1-4-12-22)19-20-30(35-32)23-13-5-2-6-14-23/h1-20,28-30H,21H2. The lowest BCUT2D eigenvalue weighted by Gasteiger charge is -2.34. The molecule has 0 N–H and O–H groups in total. The smallest absolute Gasteiger partial charge is 0.434 e. The molecule has 6 rings (SSSR count). The number of carbonyl (C=O) groups excluding carboxylic acids is 1. The molecule has 2 unspecified atom stereocenters. The van der Waals surface area contributed by atoms with Crippen molar-refractivity contribution in [2.45, 2.75) is 18.1 Å². The Labute approximate surface area is 205 Å². The van der Waals surface area contributed by atoms with Gasteiger partial charge in [-0.2, -0.15) is 5.06 Å². The quantitative estimate of drug-likeness (QED) is 0.302. The number of hydrogen-bond donors (Lipinski definition) is 0. The number of rotatable bonds is 4. The first-order valence-corrected chi connectivity index (χ1v) is 11.9. The second-order valence-electron chi connectivity index (χ2n) is 8.81. The Morgan fingerprint density at radius 3 is 1.86 bits per heavy atom. The summed E-state index contributed by atoms with van der Waals surface area (Å²) in [4.78, 5) is 19.7. The van der Waals surface area contributed by atoms with E-state index in [4.69, 9.17) is 9.57 Å². The summed E-state index contributed by atoms with van der Waals surface area (Å²) in [5.41, 5.74) is 6.71. The van der Waals surface area contributed by atoms with Gasteiger partial charge in [0, 0.05) is 5.92 Å². The minimum atomic E-state index is -0.494. The number of nitrogens with zero attached hydrogens (tertiary/aromatic N) is 1. The molecule has 4 aromatic carbocycles. The summed E-state index contributed by atoms with van der Waals surface area (Å²) in [6, 6.07) is 36.0. The number of benzene rings is 4. The molecular formula is C31H25NO3. The maximum absolute atomic E-state index is 13.5. The lowest BCUT2D eigenvalue weighted by atomic mass is 9.98. The van der Waals surface area contributed by atoms with Gasteiger partial charge in [-0.3, -0.25) is 4.84 Å². The van der Waals surface area contributed by atoms with Crippen LogP contribution >= 0.6 is 0 Å². The van der Waals surface area contributed by atoms with Crippen molar-refractivity contribution < 1.29 is 14.4 Å². The maximum Gasteiger partial charge on any atom is 0.434 e. The number of fused-ring (bicyclic) bond motifs is 3. The SMILES string of the molecule is O=C(OCC1c2ccccc2-c2ccccc21)N1OC(c2ccccc2)C=CC1c1ccccc1. The van der Waals surface area contributed by atoms with Crippen LogP contribution in [0.15, 0.2) is 121 Å². The highest BCUT2D eigenvalue weighted by Crippen LogP contribution is 2.44. The van der Waals surface area contributed by atoms with Crippen LogP contribution in [0.5, 0.6) is 0 Å². The van der Waals surface area contributed by atoms with E-state index in [1.54, 1.807) is 0 Å². The van der Waals surface area contributed by atoms with E-state index in [-0.39, 0.29) is 24.7 Å². The average Bonchev–Trinajstić information content (AvgIpc) is 3.26. The molecule has 35 heavy (non-hydrogen) atoms. The molecule has 1 aliphatic heterocycles. The highest BCUT2D eigenvalue weighted by atomic mass is 16.7. The van der Waals surface area contributed by atoms with Crippen LogP contribution in [0.1, 0.15) is 40.3 Å². The Kier molecular flexibility index (Phi) is 5.65. The second kappa shape index (κ2) is 9.24. The van der Waals surface area contributed by atoms with Crippen LogP contribution in [0.4, 0.5) is 4.79 Å². The van der Waals surface area contributed by atoms with Crippen molar-refractivity contribution in [3.8, 4) is 11.1 Å². The van der Waals surface area contributed by atoms with Crippen molar-refractivity contribution in [1.29, 1.82) is 0 Å². The Balaban J connectivity index is 1.27. The van der Waals surface area contributed by atoms with Crippen LogP contribution < -0.4 is 0 Å². The highest BCUT2D eigenvalue weighted by molar-refractivity contribution is 5.79. The van der Waals surface area contributed by atoms with Crippen molar-refractivity contribution in [2.75, 3.05) is 6.61 Å². The highest BCUT2D eigenvalue weighted by Gasteiger charge is 2.34. The zero-order valence-electron chi connectivity index (χ0n) is 19.2. The largest absolute Gasteiger partial charge is 0.447 e. The zero-order valence-corrected chi connectivity index (χ0v) is 19.2. The van der Waals surface area contributed by atoms with Gasteiger partial charge in [-0.05, 0) is 33.4 Å². The fourth-order valence-electron chi connectivity index (χ4n) is 5.03. The molecule has 4 heteroatoms. The van der Waals surface area contributed by atoms with Gasteiger partial charge in [0.1, 0.15) is 18.8 Å². The molecule has 0 fully saturated rings. The fourth-order valence-corrected chi connectivity index (χ4v) is 5.03. The van der Waals surface area contributed by atoms with E-state index in [1.807, 2.05) is 97.1 Å². The zero-order chi connectivity index (χ0) is 23.6. The minimum absolute atomic E-state index is 0.00761. The summed E-state index contributed by atoms with van der Waals surface area (Å²) < 4.78 is 5.94. The lowest BCUT2D eigenvalue weighted by Crippen LogP contribution is -2.38. The van der Waals surface area contributed by atoms with Crippen molar-refractivity contribution in [3.63, 3.8) is 0 Å². The predicted molar refractivity (Wildman–Crippen MR) is 135 cm³/mol. The van der Waals surface area contributed by atoms with E-state index in [2.05, 4.69) is 24.3 Å². The number of carbonyl (C=O) groups is 1. The molecule has 172 valence electrons. The number of amides is 1. The maximum atomic E-state index is 13.5. The number of hydrogen-bond acceptors (Lipinski definition) is 3. The van der Waals surface area contributed by atoms with Crippen molar-refractivity contribution in [2.24, 2.45) is 0 Å². The summed E-state index contributed by atoms with van der Waals surface area (Å²) in [5.74, 6) is -0.00761. The van der Waals surface area contributed by atoms with Crippen molar-refractivity contribution in [3.05, 3.63) is 144 Å². The molecule has 0 saturated heterocycles. The topological polar surface area (TPSA) is 38.8 Å². The Bertz CT molecular complexity index is 1320.